The Morgan fingerprint density at radius 2 is 1.93 bits per heavy atom. The van der Waals surface area contributed by atoms with Crippen LogP contribution in [0.2, 0.25) is 0 Å². The number of aryl methyl sites for hydroxylation is 2. The maximum Gasteiger partial charge on any atom is 0.193 e. The Hall–Kier alpha value is -2.16. The van der Waals surface area contributed by atoms with Crippen molar-refractivity contribution in [3.8, 4) is 0 Å². The molecule has 2 heterocycles. The van der Waals surface area contributed by atoms with Crippen LogP contribution in [0, 0.1) is 6.92 Å². The first-order valence-corrected chi connectivity index (χ1v) is 8.93. The van der Waals surface area contributed by atoms with Crippen molar-refractivity contribution >= 4 is 35.6 Å². The van der Waals surface area contributed by atoms with Crippen LogP contribution in [0.15, 0.2) is 53.7 Å². The molecule has 0 saturated heterocycles. The zero-order chi connectivity index (χ0) is 18.4. The minimum atomic E-state index is 0. The first-order chi connectivity index (χ1) is 12.7. The fraction of sp³-hybridized carbons (Fsp3) is 0.350. The second-order valence-corrected chi connectivity index (χ2v) is 6.46. The molecule has 6 nitrogen and oxygen atoms in total. The SMILES string of the molecule is CN=C(NCCCc1nnc2ccccn12)N(C)Cc1ccc(C)cc1.I. The van der Waals surface area contributed by atoms with Gasteiger partial charge in [-0.2, -0.15) is 0 Å². The molecular weight excluding hydrogens is 451 g/mol. The molecule has 0 aliphatic carbocycles. The number of nitrogens with zero attached hydrogens (tertiary/aromatic N) is 5. The lowest BCUT2D eigenvalue weighted by atomic mass is 10.1. The van der Waals surface area contributed by atoms with Crippen LogP contribution in [0.5, 0.6) is 0 Å². The molecule has 0 bridgehead atoms. The van der Waals surface area contributed by atoms with Crippen LogP contribution < -0.4 is 5.32 Å². The number of benzene rings is 1. The number of guanidine groups is 1. The van der Waals surface area contributed by atoms with E-state index < -0.39 is 0 Å². The second kappa shape index (κ2) is 10.2. The van der Waals surface area contributed by atoms with E-state index in [2.05, 4.69) is 63.6 Å². The third kappa shape index (κ3) is 5.66. The van der Waals surface area contributed by atoms with E-state index in [1.54, 1.807) is 0 Å². The number of pyridine rings is 1. The molecule has 0 fully saturated rings. The highest BCUT2D eigenvalue weighted by molar-refractivity contribution is 14.0. The van der Waals surface area contributed by atoms with Crippen LogP contribution in [0.1, 0.15) is 23.4 Å². The molecule has 0 radical (unpaired) electrons. The molecule has 1 N–H and O–H groups in total. The molecule has 144 valence electrons. The van der Waals surface area contributed by atoms with E-state index in [1.807, 2.05) is 35.8 Å². The van der Waals surface area contributed by atoms with Crippen molar-refractivity contribution in [1.82, 2.24) is 24.8 Å². The van der Waals surface area contributed by atoms with Crippen molar-refractivity contribution in [2.24, 2.45) is 4.99 Å². The molecule has 0 spiro atoms. The predicted molar refractivity (Wildman–Crippen MR) is 121 cm³/mol. The zero-order valence-corrected chi connectivity index (χ0v) is 18.4. The van der Waals surface area contributed by atoms with E-state index in [9.17, 15) is 0 Å². The lowest BCUT2D eigenvalue weighted by molar-refractivity contribution is 0.475. The highest BCUT2D eigenvalue weighted by Gasteiger charge is 2.07. The number of hydrogen-bond acceptors (Lipinski definition) is 3. The maximum atomic E-state index is 4.38. The third-order valence-corrected chi connectivity index (χ3v) is 4.36. The summed E-state index contributed by atoms with van der Waals surface area (Å²) in [5.74, 6) is 1.89. The normalized spacial score (nSPS) is 11.3. The van der Waals surface area contributed by atoms with Gasteiger partial charge in [-0.3, -0.25) is 9.39 Å². The van der Waals surface area contributed by atoms with Crippen molar-refractivity contribution in [2.75, 3.05) is 20.6 Å². The summed E-state index contributed by atoms with van der Waals surface area (Å²) in [6.45, 7) is 3.77. The first kappa shape index (κ1) is 21.1. The molecule has 0 atom stereocenters. The Labute approximate surface area is 177 Å². The van der Waals surface area contributed by atoms with Gasteiger partial charge in [0.2, 0.25) is 0 Å². The van der Waals surface area contributed by atoms with Crippen LogP contribution in [0.4, 0.5) is 0 Å². The highest BCUT2D eigenvalue weighted by Crippen LogP contribution is 2.07. The van der Waals surface area contributed by atoms with Gasteiger partial charge in [0.25, 0.3) is 0 Å². The van der Waals surface area contributed by atoms with Gasteiger partial charge in [0.05, 0.1) is 0 Å². The van der Waals surface area contributed by atoms with Gasteiger partial charge in [-0.25, -0.2) is 0 Å². The number of rotatable bonds is 6. The number of halogens is 1. The zero-order valence-electron chi connectivity index (χ0n) is 16.1. The van der Waals surface area contributed by atoms with Gasteiger partial charge < -0.3 is 10.2 Å². The van der Waals surface area contributed by atoms with E-state index in [0.717, 1.165) is 43.4 Å². The molecule has 0 amide bonds. The lowest BCUT2D eigenvalue weighted by Crippen LogP contribution is -2.39. The van der Waals surface area contributed by atoms with Crippen LogP contribution >= 0.6 is 24.0 Å². The molecule has 0 aliphatic rings. The Kier molecular flexibility index (Phi) is 8.02. The fourth-order valence-corrected chi connectivity index (χ4v) is 2.94. The maximum absolute atomic E-state index is 4.38. The Balaban J connectivity index is 0.00000261. The molecule has 27 heavy (non-hydrogen) atoms. The van der Waals surface area contributed by atoms with E-state index in [-0.39, 0.29) is 24.0 Å². The van der Waals surface area contributed by atoms with E-state index in [0.29, 0.717) is 0 Å². The van der Waals surface area contributed by atoms with Gasteiger partial charge in [0.15, 0.2) is 11.6 Å². The molecule has 7 heteroatoms. The largest absolute Gasteiger partial charge is 0.356 e. The molecule has 0 aliphatic heterocycles. The number of hydrogen-bond donors (Lipinski definition) is 1. The summed E-state index contributed by atoms with van der Waals surface area (Å²) in [6.07, 6.45) is 3.84. The quantitative estimate of drug-likeness (QED) is 0.256. The summed E-state index contributed by atoms with van der Waals surface area (Å²) in [6, 6.07) is 14.6. The highest BCUT2D eigenvalue weighted by atomic mass is 127. The Morgan fingerprint density at radius 1 is 1.15 bits per heavy atom. The van der Waals surface area contributed by atoms with Gasteiger partial charge in [-0.1, -0.05) is 35.9 Å². The van der Waals surface area contributed by atoms with Crippen molar-refractivity contribution in [1.29, 1.82) is 0 Å². The topological polar surface area (TPSA) is 57.8 Å². The third-order valence-electron chi connectivity index (χ3n) is 4.36. The Morgan fingerprint density at radius 3 is 2.67 bits per heavy atom. The summed E-state index contributed by atoms with van der Waals surface area (Å²) in [5.41, 5.74) is 3.44. The molecule has 3 rings (SSSR count). The van der Waals surface area contributed by atoms with Crippen molar-refractivity contribution in [2.45, 2.75) is 26.3 Å². The average molecular weight is 478 g/mol. The van der Waals surface area contributed by atoms with Gasteiger partial charge in [-0.15, -0.1) is 34.2 Å². The van der Waals surface area contributed by atoms with E-state index >= 15 is 0 Å². The van der Waals surface area contributed by atoms with E-state index in [1.165, 1.54) is 11.1 Å². The summed E-state index contributed by atoms with van der Waals surface area (Å²) in [7, 11) is 3.88. The van der Waals surface area contributed by atoms with Gasteiger partial charge >= 0.3 is 0 Å². The predicted octanol–water partition coefficient (Wildman–Crippen LogP) is 3.30. The summed E-state index contributed by atoms with van der Waals surface area (Å²) < 4.78 is 2.04. The molecule has 1 aromatic carbocycles. The summed E-state index contributed by atoms with van der Waals surface area (Å²) in [4.78, 5) is 6.52. The van der Waals surface area contributed by atoms with Crippen molar-refractivity contribution in [3.63, 3.8) is 0 Å². The number of aromatic nitrogens is 3. The molecule has 3 aromatic rings. The Bertz CT molecular complexity index is 872. The monoisotopic (exact) mass is 478 g/mol. The lowest BCUT2D eigenvalue weighted by Gasteiger charge is -2.22. The minimum absolute atomic E-state index is 0. The smallest absolute Gasteiger partial charge is 0.193 e. The van der Waals surface area contributed by atoms with Gasteiger partial charge in [-0.05, 0) is 31.0 Å². The van der Waals surface area contributed by atoms with Crippen molar-refractivity contribution < 1.29 is 0 Å². The summed E-state index contributed by atoms with van der Waals surface area (Å²) in [5, 5.41) is 11.9. The van der Waals surface area contributed by atoms with Gasteiger partial charge in [0.1, 0.15) is 5.82 Å². The van der Waals surface area contributed by atoms with E-state index in [4.69, 9.17) is 0 Å². The molecule has 0 saturated carbocycles. The number of fused-ring (bicyclic) bond motifs is 1. The minimum Gasteiger partial charge on any atom is -0.356 e. The molecule has 0 unspecified atom stereocenters. The van der Waals surface area contributed by atoms with Crippen LogP contribution in [-0.4, -0.2) is 46.1 Å². The van der Waals surface area contributed by atoms with Crippen LogP contribution in [0.25, 0.3) is 5.65 Å². The van der Waals surface area contributed by atoms with Gasteiger partial charge in [0, 0.05) is 39.8 Å². The summed E-state index contributed by atoms with van der Waals surface area (Å²) >= 11 is 0. The van der Waals surface area contributed by atoms with Crippen LogP contribution in [0.3, 0.4) is 0 Å². The number of nitrogens with one attached hydrogen (secondary N) is 1. The first-order valence-electron chi connectivity index (χ1n) is 8.93. The fourth-order valence-electron chi connectivity index (χ4n) is 2.94. The second-order valence-electron chi connectivity index (χ2n) is 6.46. The molecule has 2 aromatic heterocycles. The van der Waals surface area contributed by atoms with Crippen molar-refractivity contribution in [3.05, 3.63) is 65.6 Å². The number of aliphatic imine (C=N–C) groups is 1. The van der Waals surface area contributed by atoms with Crippen LogP contribution in [-0.2, 0) is 13.0 Å². The molecular formula is C20H27IN6. The standard InChI is InChI=1S/C20H26N6.HI/c1-16-9-11-17(12-10-16)15-25(3)20(21-2)22-13-6-8-19-24-23-18-7-4-5-14-26(18)19;/h4-5,7,9-12,14H,6,8,13,15H2,1-3H3,(H,21,22);1H. The average Bonchev–Trinajstić information content (AvgIpc) is 3.07.